The Hall–Kier alpha value is -2.69. The van der Waals surface area contributed by atoms with Gasteiger partial charge in [0.25, 0.3) is 0 Å². The molecule has 0 saturated carbocycles. The SMILES string of the molecule is CC(=O)N(CC(=O)N1CCCc2ccccc21)Cc1ccccc1F. The molecule has 2 amide bonds. The van der Waals surface area contributed by atoms with E-state index in [1.807, 2.05) is 24.3 Å². The summed E-state index contributed by atoms with van der Waals surface area (Å²) in [5.41, 5.74) is 2.46. The van der Waals surface area contributed by atoms with Gasteiger partial charge < -0.3 is 9.80 Å². The lowest BCUT2D eigenvalue weighted by molar-refractivity contribution is -0.134. The second-order valence-corrected chi connectivity index (χ2v) is 6.24. The van der Waals surface area contributed by atoms with Crippen LogP contribution in [0.5, 0.6) is 0 Å². The van der Waals surface area contributed by atoms with Crippen LogP contribution in [0.3, 0.4) is 0 Å². The molecule has 3 rings (SSSR count). The molecule has 2 aromatic carbocycles. The van der Waals surface area contributed by atoms with Crippen molar-refractivity contribution in [3.05, 3.63) is 65.5 Å². The van der Waals surface area contributed by atoms with Gasteiger partial charge in [0.2, 0.25) is 11.8 Å². The highest BCUT2D eigenvalue weighted by atomic mass is 19.1. The molecule has 130 valence electrons. The molecule has 0 bridgehead atoms. The molecule has 25 heavy (non-hydrogen) atoms. The number of aryl methyl sites for hydroxylation is 1. The summed E-state index contributed by atoms with van der Waals surface area (Å²) in [5, 5.41) is 0. The van der Waals surface area contributed by atoms with E-state index in [0.717, 1.165) is 24.1 Å². The van der Waals surface area contributed by atoms with Crippen LogP contribution < -0.4 is 4.90 Å². The second kappa shape index (κ2) is 7.47. The van der Waals surface area contributed by atoms with Crippen molar-refractivity contribution in [3.8, 4) is 0 Å². The maximum atomic E-state index is 13.9. The molecule has 1 aliphatic heterocycles. The third-order valence-corrected chi connectivity index (χ3v) is 4.50. The van der Waals surface area contributed by atoms with Gasteiger partial charge in [0, 0.05) is 31.3 Å². The van der Waals surface area contributed by atoms with Gasteiger partial charge in [-0.25, -0.2) is 4.39 Å². The molecule has 0 saturated heterocycles. The molecular formula is C20H21FN2O2. The molecule has 2 aromatic rings. The number of rotatable bonds is 4. The van der Waals surface area contributed by atoms with Crippen molar-refractivity contribution in [2.75, 3.05) is 18.0 Å². The van der Waals surface area contributed by atoms with E-state index in [1.165, 1.54) is 17.9 Å². The van der Waals surface area contributed by atoms with Crippen molar-refractivity contribution in [2.24, 2.45) is 0 Å². The normalized spacial score (nSPS) is 13.3. The quantitative estimate of drug-likeness (QED) is 0.858. The van der Waals surface area contributed by atoms with E-state index in [2.05, 4.69) is 0 Å². The molecule has 4 nitrogen and oxygen atoms in total. The summed E-state index contributed by atoms with van der Waals surface area (Å²) in [5.74, 6) is -0.759. The molecular weight excluding hydrogens is 319 g/mol. The summed E-state index contributed by atoms with van der Waals surface area (Å²) >= 11 is 0. The van der Waals surface area contributed by atoms with Crippen LogP contribution in [0.2, 0.25) is 0 Å². The largest absolute Gasteiger partial charge is 0.329 e. The van der Waals surface area contributed by atoms with Crippen molar-refractivity contribution in [2.45, 2.75) is 26.3 Å². The van der Waals surface area contributed by atoms with Gasteiger partial charge in [0.05, 0.1) is 0 Å². The average molecular weight is 340 g/mol. The number of hydrogen-bond donors (Lipinski definition) is 0. The fraction of sp³-hybridized carbons (Fsp3) is 0.300. The average Bonchev–Trinajstić information content (AvgIpc) is 2.62. The highest BCUT2D eigenvalue weighted by Gasteiger charge is 2.25. The van der Waals surface area contributed by atoms with Gasteiger partial charge in [-0.15, -0.1) is 0 Å². The molecule has 0 aromatic heterocycles. The number of fused-ring (bicyclic) bond motifs is 1. The lowest BCUT2D eigenvalue weighted by atomic mass is 10.0. The first-order chi connectivity index (χ1) is 12.1. The van der Waals surface area contributed by atoms with Crippen molar-refractivity contribution in [1.82, 2.24) is 4.90 Å². The van der Waals surface area contributed by atoms with Crippen LogP contribution in [0.15, 0.2) is 48.5 Å². The van der Waals surface area contributed by atoms with Gasteiger partial charge >= 0.3 is 0 Å². The Morgan fingerprint density at radius 3 is 2.60 bits per heavy atom. The third kappa shape index (κ3) is 3.87. The topological polar surface area (TPSA) is 40.6 Å². The Balaban J connectivity index is 1.76. The first kappa shape index (κ1) is 17.1. The van der Waals surface area contributed by atoms with E-state index in [-0.39, 0.29) is 30.7 Å². The number of anilines is 1. The van der Waals surface area contributed by atoms with Gasteiger partial charge in [0.1, 0.15) is 12.4 Å². The molecule has 0 aliphatic carbocycles. The summed E-state index contributed by atoms with van der Waals surface area (Å²) < 4.78 is 13.9. The Morgan fingerprint density at radius 1 is 1.12 bits per heavy atom. The van der Waals surface area contributed by atoms with Crippen molar-refractivity contribution < 1.29 is 14.0 Å². The number of hydrogen-bond acceptors (Lipinski definition) is 2. The smallest absolute Gasteiger partial charge is 0.246 e. The highest BCUT2D eigenvalue weighted by Crippen LogP contribution is 2.27. The number of amides is 2. The van der Waals surface area contributed by atoms with Crippen LogP contribution >= 0.6 is 0 Å². The zero-order valence-electron chi connectivity index (χ0n) is 14.2. The molecule has 1 aliphatic rings. The fourth-order valence-corrected chi connectivity index (χ4v) is 3.15. The fourth-order valence-electron chi connectivity index (χ4n) is 3.15. The third-order valence-electron chi connectivity index (χ3n) is 4.50. The second-order valence-electron chi connectivity index (χ2n) is 6.24. The van der Waals surface area contributed by atoms with E-state index in [9.17, 15) is 14.0 Å². The minimum atomic E-state index is -0.371. The van der Waals surface area contributed by atoms with Gasteiger partial charge in [0.15, 0.2) is 0 Å². The molecule has 1 heterocycles. The van der Waals surface area contributed by atoms with Crippen LogP contribution in [0.1, 0.15) is 24.5 Å². The minimum Gasteiger partial charge on any atom is -0.329 e. The molecule has 0 unspecified atom stereocenters. The maximum Gasteiger partial charge on any atom is 0.246 e. The summed E-state index contributed by atoms with van der Waals surface area (Å²) in [6, 6.07) is 14.1. The Morgan fingerprint density at radius 2 is 1.84 bits per heavy atom. The Bertz CT molecular complexity index is 791. The van der Waals surface area contributed by atoms with Crippen molar-refractivity contribution in [1.29, 1.82) is 0 Å². The summed E-state index contributed by atoms with van der Waals surface area (Å²) in [4.78, 5) is 27.9. The van der Waals surface area contributed by atoms with Gasteiger partial charge in [-0.3, -0.25) is 9.59 Å². The van der Waals surface area contributed by atoms with E-state index in [1.54, 1.807) is 23.1 Å². The van der Waals surface area contributed by atoms with Crippen LogP contribution in [-0.4, -0.2) is 29.8 Å². The number of benzene rings is 2. The Kier molecular flexibility index (Phi) is 5.12. The van der Waals surface area contributed by atoms with E-state index < -0.39 is 0 Å². The summed E-state index contributed by atoms with van der Waals surface area (Å²) in [7, 11) is 0. The predicted molar refractivity (Wildman–Crippen MR) is 94.6 cm³/mol. The Labute approximate surface area is 146 Å². The highest BCUT2D eigenvalue weighted by molar-refractivity contribution is 5.97. The number of carbonyl (C=O) groups excluding carboxylic acids is 2. The molecule has 0 fully saturated rings. The van der Waals surface area contributed by atoms with E-state index >= 15 is 0 Å². The zero-order valence-corrected chi connectivity index (χ0v) is 14.2. The number of nitrogens with zero attached hydrogens (tertiary/aromatic N) is 2. The van der Waals surface area contributed by atoms with Crippen LogP contribution in [-0.2, 0) is 22.6 Å². The van der Waals surface area contributed by atoms with Gasteiger partial charge in [-0.2, -0.15) is 0 Å². The summed E-state index contributed by atoms with van der Waals surface area (Å²) in [6.07, 6.45) is 1.85. The molecule has 0 radical (unpaired) electrons. The monoisotopic (exact) mass is 340 g/mol. The van der Waals surface area contributed by atoms with E-state index in [0.29, 0.717) is 12.1 Å². The van der Waals surface area contributed by atoms with Gasteiger partial charge in [-0.1, -0.05) is 36.4 Å². The van der Waals surface area contributed by atoms with Crippen LogP contribution in [0.25, 0.3) is 0 Å². The first-order valence-corrected chi connectivity index (χ1v) is 8.43. The lowest BCUT2D eigenvalue weighted by Gasteiger charge is -2.31. The molecule has 0 atom stereocenters. The van der Waals surface area contributed by atoms with Crippen LogP contribution in [0, 0.1) is 5.82 Å². The van der Waals surface area contributed by atoms with Crippen molar-refractivity contribution >= 4 is 17.5 Å². The van der Waals surface area contributed by atoms with E-state index in [4.69, 9.17) is 0 Å². The standard InChI is InChI=1S/C20H21FN2O2/c1-15(24)22(13-17-8-2-4-10-18(17)21)14-20(25)23-12-6-9-16-7-3-5-11-19(16)23/h2-5,7-8,10-11H,6,9,12-14H2,1H3. The number of carbonyl (C=O) groups is 2. The van der Waals surface area contributed by atoms with Crippen molar-refractivity contribution in [3.63, 3.8) is 0 Å². The summed E-state index contributed by atoms with van der Waals surface area (Å²) in [6.45, 7) is 2.07. The predicted octanol–water partition coefficient (Wildman–Crippen LogP) is 3.15. The minimum absolute atomic E-state index is 0.0575. The molecule has 5 heteroatoms. The zero-order chi connectivity index (χ0) is 17.8. The molecule has 0 N–H and O–H groups in total. The first-order valence-electron chi connectivity index (χ1n) is 8.43. The molecule has 0 spiro atoms. The maximum absolute atomic E-state index is 13.9. The number of halogens is 1. The number of para-hydroxylation sites is 1. The van der Waals surface area contributed by atoms with Gasteiger partial charge in [-0.05, 0) is 30.5 Å². The van der Waals surface area contributed by atoms with Crippen LogP contribution in [0.4, 0.5) is 10.1 Å². The lowest BCUT2D eigenvalue weighted by Crippen LogP contribution is -2.44.